The summed E-state index contributed by atoms with van der Waals surface area (Å²) in [6, 6.07) is 14.8. The Morgan fingerprint density at radius 2 is 1.85 bits per heavy atom. The summed E-state index contributed by atoms with van der Waals surface area (Å²) in [5.41, 5.74) is 3.50. The van der Waals surface area contributed by atoms with E-state index in [4.69, 9.17) is 0 Å². The predicted octanol–water partition coefficient (Wildman–Crippen LogP) is 3.33. The van der Waals surface area contributed by atoms with Gasteiger partial charge in [-0.15, -0.1) is 0 Å². The lowest BCUT2D eigenvalue weighted by molar-refractivity contribution is 0.630. The van der Waals surface area contributed by atoms with Crippen molar-refractivity contribution in [2.75, 3.05) is 6.54 Å². The minimum atomic E-state index is 0.188. The maximum absolute atomic E-state index is 4.37. The van der Waals surface area contributed by atoms with Gasteiger partial charge in [-0.3, -0.25) is 9.97 Å². The molecule has 3 rings (SSSR count). The van der Waals surface area contributed by atoms with Gasteiger partial charge >= 0.3 is 0 Å². The Balaban J connectivity index is 2.05. The van der Waals surface area contributed by atoms with E-state index < -0.39 is 0 Å². The van der Waals surface area contributed by atoms with Gasteiger partial charge < -0.3 is 5.32 Å². The molecule has 0 amide bonds. The number of benzene rings is 1. The van der Waals surface area contributed by atoms with Crippen LogP contribution < -0.4 is 5.32 Å². The van der Waals surface area contributed by atoms with Crippen LogP contribution in [0.15, 0.2) is 61.1 Å². The van der Waals surface area contributed by atoms with Crippen LogP contribution in [0, 0.1) is 0 Å². The molecule has 0 aliphatic heterocycles. The van der Waals surface area contributed by atoms with Gasteiger partial charge in [0.15, 0.2) is 0 Å². The van der Waals surface area contributed by atoms with E-state index in [0.717, 1.165) is 12.1 Å². The number of fused-ring (bicyclic) bond motifs is 1. The Hall–Kier alpha value is -2.26. The molecule has 0 saturated heterocycles. The lowest BCUT2D eigenvalue weighted by Crippen LogP contribution is -2.21. The first kappa shape index (κ1) is 12.8. The minimum Gasteiger partial charge on any atom is -0.307 e. The first-order chi connectivity index (χ1) is 9.88. The number of nitrogens with one attached hydrogen (secondary N) is 1. The summed E-state index contributed by atoms with van der Waals surface area (Å²) < 4.78 is 0. The molecule has 100 valence electrons. The average Bonchev–Trinajstić information content (AvgIpc) is 2.53. The van der Waals surface area contributed by atoms with Crippen molar-refractivity contribution in [2.45, 2.75) is 13.0 Å². The van der Waals surface area contributed by atoms with Gasteiger partial charge in [0.2, 0.25) is 0 Å². The third kappa shape index (κ3) is 2.53. The molecule has 0 saturated carbocycles. The zero-order chi connectivity index (χ0) is 13.8. The van der Waals surface area contributed by atoms with Crippen LogP contribution in [-0.4, -0.2) is 16.5 Å². The van der Waals surface area contributed by atoms with E-state index in [1.807, 2.05) is 24.7 Å². The van der Waals surface area contributed by atoms with Crippen molar-refractivity contribution < 1.29 is 0 Å². The Labute approximate surface area is 118 Å². The van der Waals surface area contributed by atoms with Gasteiger partial charge in [0.05, 0.1) is 11.6 Å². The molecule has 0 radical (unpaired) electrons. The summed E-state index contributed by atoms with van der Waals surface area (Å²) in [4.78, 5) is 8.46. The van der Waals surface area contributed by atoms with Crippen molar-refractivity contribution >= 4 is 10.9 Å². The largest absolute Gasteiger partial charge is 0.307 e. The molecule has 1 unspecified atom stereocenters. The fraction of sp³-hybridized carbons (Fsp3) is 0.176. The molecule has 2 aromatic heterocycles. The molecule has 20 heavy (non-hydrogen) atoms. The summed E-state index contributed by atoms with van der Waals surface area (Å²) in [6.45, 7) is 3.04. The van der Waals surface area contributed by atoms with Crippen molar-refractivity contribution in [3.05, 3.63) is 72.2 Å². The number of aromatic nitrogens is 2. The molecule has 1 N–H and O–H groups in total. The molecule has 0 spiro atoms. The zero-order valence-corrected chi connectivity index (χ0v) is 11.5. The lowest BCUT2D eigenvalue weighted by atomic mass is 9.98. The third-order valence-electron chi connectivity index (χ3n) is 3.41. The van der Waals surface area contributed by atoms with Gasteiger partial charge in [-0.05, 0) is 48.0 Å². The van der Waals surface area contributed by atoms with Gasteiger partial charge in [0.25, 0.3) is 0 Å². The molecule has 0 aliphatic rings. The summed E-state index contributed by atoms with van der Waals surface area (Å²) in [5.74, 6) is 0. The SMILES string of the molecule is CCNC(c1ccncc1)c1ccc2ncccc2c1. The highest BCUT2D eigenvalue weighted by Gasteiger charge is 2.13. The quantitative estimate of drug-likeness (QED) is 0.784. The van der Waals surface area contributed by atoms with E-state index in [0.29, 0.717) is 0 Å². The van der Waals surface area contributed by atoms with Crippen molar-refractivity contribution in [3.63, 3.8) is 0 Å². The number of rotatable bonds is 4. The van der Waals surface area contributed by atoms with Crippen LogP contribution in [0.4, 0.5) is 0 Å². The topological polar surface area (TPSA) is 37.8 Å². The van der Waals surface area contributed by atoms with Crippen molar-refractivity contribution in [1.29, 1.82) is 0 Å². The number of nitrogens with zero attached hydrogens (tertiary/aromatic N) is 2. The Kier molecular flexibility index (Phi) is 3.70. The van der Waals surface area contributed by atoms with E-state index in [-0.39, 0.29) is 6.04 Å². The van der Waals surface area contributed by atoms with Crippen LogP contribution in [-0.2, 0) is 0 Å². The van der Waals surface area contributed by atoms with Crippen LogP contribution >= 0.6 is 0 Å². The Morgan fingerprint density at radius 3 is 2.65 bits per heavy atom. The highest BCUT2D eigenvalue weighted by molar-refractivity contribution is 5.79. The molecule has 2 heterocycles. The first-order valence-corrected chi connectivity index (χ1v) is 6.86. The number of pyridine rings is 2. The maximum Gasteiger partial charge on any atom is 0.0702 e. The smallest absolute Gasteiger partial charge is 0.0702 e. The molecule has 1 aromatic carbocycles. The van der Waals surface area contributed by atoms with E-state index in [1.165, 1.54) is 16.5 Å². The summed E-state index contributed by atoms with van der Waals surface area (Å²) in [6.07, 6.45) is 5.50. The average molecular weight is 263 g/mol. The van der Waals surface area contributed by atoms with Gasteiger partial charge in [-0.2, -0.15) is 0 Å². The van der Waals surface area contributed by atoms with Crippen LogP contribution in [0.5, 0.6) is 0 Å². The van der Waals surface area contributed by atoms with Crippen molar-refractivity contribution in [2.24, 2.45) is 0 Å². The van der Waals surface area contributed by atoms with E-state index in [9.17, 15) is 0 Å². The van der Waals surface area contributed by atoms with Crippen LogP contribution in [0.25, 0.3) is 10.9 Å². The predicted molar refractivity (Wildman–Crippen MR) is 81.5 cm³/mol. The maximum atomic E-state index is 4.37. The molecule has 1 atom stereocenters. The van der Waals surface area contributed by atoms with Crippen molar-refractivity contribution in [3.8, 4) is 0 Å². The first-order valence-electron chi connectivity index (χ1n) is 6.86. The van der Waals surface area contributed by atoms with E-state index in [1.54, 1.807) is 0 Å². The van der Waals surface area contributed by atoms with E-state index >= 15 is 0 Å². The fourth-order valence-electron chi connectivity index (χ4n) is 2.46. The fourth-order valence-corrected chi connectivity index (χ4v) is 2.46. The molecule has 3 aromatic rings. The highest BCUT2D eigenvalue weighted by atomic mass is 14.9. The zero-order valence-electron chi connectivity index (χ0n) is 11.5. The Bertz CT molecular complexity index is 695. The summed E-state index contributed by atoms with van der Waals surface area (Å²) in [5, 5.41) is 4.70. The molecule has 3 heteroatoms. The third-order valence-corrected chi connectivity index (χ3v) is 3.41. The second-order valence-electron chi connectivity index (χ2n) is 4.73. The monoisotopic (exact) mass is 263 g/mol. The normalized spacial score (nSPS) is 12.4. The van der Waals surface area contributed by atoms with Gasteiger partial charge in [0, 0.05) is 24.0 Å². The van der Waals surface area contributed by atoms with Crippen LogP contribution in [0.1, 0.15) is 24.1 Å². The second-order valence-corrected chi connectivity index (χ2v) is 4.73. The molecule has 0 fully saturated rings. The lowest BCUT2D eigenvalue weighted by Gasteiger charge is -2.19. The molecular formula is C17H17N3. The second kappa shape index (κ2) is 5.80. The number of hydrogen-bond donors (Lipinski definition) is 1. The highest BCUT2D eigenvalue weighted by Crippen LogP contribution is 2.24. The minimum absolute atomic E-state index is 0.188. The van der Waals surface area contributed by atoms with Crippen LogP contribution in [0.3, 0.4) is 0 Å². The Morgan fingerprint density at radius 1 is 1.00 bits per heavy atom. The molecular weight excluding hydrogens is 246 g/mol. The van der Waals surface area contributed by atoms with Crippen LogP contribution in [0.2, 0.25) is 0 Å². The van der Waals surface area contributed by atoms with Gasteiger partial charge in [-0.1, -0.05) is 19.1 Å². The molecule has 0 aliphatic carbocycles. The van der Waals surface area contributed by atoms with Gasteiger partial charge in [-0.25, -0.2) is 0 Å². The summed E-state index contributed by atoms with van der Waals surface area (Å²) >= 11 is 0. The van der Waals surface area contributed by atoms with Gasteiger partial charge in [0.1, 0.15) is 0 Å². The number of hydrogen-bond acceptors (Lipinski definition) is 3. The molecule has 3 nitrogen and oxygen atoms in total. The standard InChI is InChI=1S/C17H17N3/c1-2-19-17(13-7-10-18-11-8-13)15-5-6-16-14(12-15)4-3-9-20-16/h3-12,17,19H,2H2,1H3. The summed E-state index contributed by atoms with van der Waals surface area (Å²) in [7, 11) is 0. The van der Waals surface area contributed by atoms with E-state index in [2.05, 4.69) is 58.6 Å². The molecule has 0 bridgehead atoms. The van der Waals surface area contributed by atoms with Crippen molar-refractivity contribution in [1.82, 2.24) is 15.3 Å².